The van der Waals surface area contributed by atoms with Gasteiger partial charge in [0, 0.05) is 12.3 Å². The summed E-state index contributed by atoms with van der Waals surface area (Å²) in [5.74, 6) is 0.830. The zero-order valence-corrected chi connectivity index (χ0v) is 16.7. The van der Waals surface area contributed by atoms with Crippen molar-refractivity contribution >= 4 is 33.3 Å². The first-order valence-electron chi connectivity index (χ1n) is 8.77. The first kappa shape index (κ1) is 18.2. The molecule has 3 aromatic rings. The van der Waals surface area contributed by atoms with Gasteiger partial charge in [-0.3, -0.25) is 9.36 Å². The van der Waals surface area contributed by atoms with Gasteiger partial charge in [-0.05, 0) is 48.4 Å². The van der Waals surface area contributed by atoms with Gasteiger partial charge in [0.25, 0.3) is 5.56 Å². The predicted octanol–water partition coefficient (Wildman–Crippen LogP) is 5.56. The lowest BCUT2D eigenvalue weighted by Gasteiger charge is -2.12. The van der Waals surface area contributed by atoms with Crippen LogP contribution in [0.4, 0.5) is 0 Å². The van der Waals surface area contributed by atoms with E-state index in [0.717, 1.165) is 46.9 Å². The molecule has 2 heterocycles. The Morgan fingerprint density at radius 3 is 2.76 bits per heavy atom. The Hall–Kier alpha value is -1.59. The van der Waals surface area contributed by atoms with Crippen molar-refractivity contribution in [2.24, 2.45) is 0 Å². The lowest BCUT2D eigenvalue weighted by molar-refractivity contribution is 0.542. The van der Waals surface area contributed by atoms with Crippen LogP contribution in [0.3, 0.4) is 0 Å². The topological polar surface area (TPSA) is 34.9 Å². The van der Waals surface area contributed by atoms with Crippen LogP contribution in [0.1, 0.15) is 42.9 Å². The zero-order valence-electron chi connectivity index (χ0n) is 15.0. The van der Waals surface area contributed by atoms with E-state index in [1.165, 1.54) is 28.0 Å². The molecule has 0 bridgehead atoms. The lowest BCUT2D eigenvalue weighted by atomic mass is 10.1. The van der Waals surface area contributed by atoms with Crippen molar-refractivity contribution in [3.05, 3.63) is 56.7 Å². The van der Waals surface area contributed by atoms with Gasteiger partial charge in [0.15, 0.2) is 5.16 Å². The zero-order chi connectivity index (χ0) is 17.8. The third kappa shape index (κ3) is 4.15. The van der Waals surface area contributed by atoms with Crippen LogP contribution < -0.4 is 5.56 Å². The standard InChI is InChI=1S/C20H24N2OS2/c1-4-5-6-10-22-19(23)18-17(9-11-24-18)21-20(22)25-13-16-8-7-14(2)15(3)12-16/h7-9,11-12H,4-6,10,13H2,1-3H3. The largest absolute Gasteiger partial charge is 0.286 e. The Morgan fingerprint density at radius 2 is 2.00 bits per heavy atom. The van der Waals surface area contributed by atoms with Gasteiger partial charge in [-0.15, -0.1) is 11.3 Å². The van der Waals surface area contributed by atoms with E-state index in [9.17, 15) is 4.79 Å². The molecule has 0 unspecified atom stereocenters. The van der Waals surface area contributed by atoms with Crippen LogP contribution in [0.25, 0.3) is 10.2 Å². The molecule has 0 saturated heterocycles. The molecular formula is C20H24N2OS2. The van der Waals surface area contributed by atoms with Crippen LogP contribution >= 0.6 is 23.1 Å². The van der Waals surface area contributed by atoms with Gasteiger partial charge < -0.3 is 0 Å². The maximum absolute atomic E-state index is 12.8. The second kappa shape index (κ2) is 8.19. The highest BCUT2D eigenvalue weighted by atomic mass is 32.2. The van der Waals surface area contributed by atoms with Crippen LogP contribution in [0.15, 0.2) is 39.6 Å². The molecule has 25 heavy (non-hydrogen) atoms. The summed E-state index contributed by atoms with van der Waals surface area (Å²) in [6.07, 6.45) is 3.30. The van der Waals surface area contributed by atoms with E-state index in [1.807, 2.05) is 16.0 Å². The first-order chi connectivity index (χ1) is 12.1. The van der Waals surface area contributed by atoms with E-state index in [-0.39, 0.29) is 5.56 Å². The quantitative estimate of drug-likeness (QED) is 0.309. The van der Waals surface area contributed by atoms with Gasteiger partial charge in [0.2, 0.25) is 0 Å². The number of hydrogen-bond acceptors (Lipinski definition) is 4. The molecule has 0 fully saturated rings. The smallest absolute Gasteiger partial charge is 0.272 e. The molecule has 0 aliphatic carbocycles. The highest BCUT2D eigenvalue weighted by Gasteiger charge is 2.12. The van der Waals surface area contributed by atoms with E-state index in [0.29, 0.717) is 0 Å². The highest BCUT2D eigenvalue weighted by molar-refractivity contribution is 7.98. The molecule has 3 rings (SSSR count). The van der Waals surface area contributed by atoms with E-state index in [2.05, 4.69) is 39.0 Å². The van der Waals surface area contributed by atoms with Crippen LogP contribution in [0.5, 0.6) is 0 Å². The minimum Gasteiger partial charge on any atom is -0.286 e. The fourth-order valence-corrected chi connectivity index (χ4v) is 4.54. The molecule has 0 radical (unpaired) electrons. The fraction of sp³-hybridized carbons (Fsp3) is 0.400. The molecule has 5 heteroatoms. The van der Waals surface area contributed by atoms with Gasteiger partial charge in [-0.25, -0.2) is 4.98 Å². The molecule has 0 atom stereocenters. The maximum atomic E-state index is 12.8. The SMILES string of the molecule is CCCCCn1c(SCc2ccc(C)c(C)c2)nc2ccsc2c1=O. The number of hydrogen-bond donors (Lipinski definition) is 0. The normalized spacial score (nSPS) is 11.3. The number of thiophene rings is 1. The summed E-state index contributed by atoms with van der Waals surface area (Å²) in [5, 5.41) is 2.79. The van der Waals surface area contributed by atoms with Crippen molar-refractivity contribution in [1.82, 2.24) is 9.55 Å². The third-order valence-electron chi connectivity index (χ3n) is 4.46. The average Bonchev–Trinajstić information content (AvgIpc) is 3.07. The third-order valence-corrected chi connectivity index (χ3v) is 6.39. The Bertz CT molecular complexity index is 927. The average molecular weight is 373 g/mol. The molecule has 1 aromatic carbocycles. The number of aromatic nitrogens is 2. The number of unbranched alkanes of at least 4 members (excludes halogenated alkanes) is 2. The summed E-state index contributed by atoms with van der Waals surface area (Å²) < 4.78 is 2.65. The van der Waals surface area contributed by atoms with Crippen LogP contribution in [-0.4, -0.2) is 9.55 Å². The maximum Gasteiger partial charge on any atom is 0.272 e. The molecule has 132 valence electrons. The monoisotopic (exact) mass is 372 g/mol. The molecule has 3 nitrogen and oxygen atoms in total. The van der Waals surface area contributed by atoms with Gasteiger partial charge in [0.05, 0.1) is 5.52 Å². The lowest BCUT2D eigenvalue weighted by Crippen LogP contribution is -2.22. The van der Waals surface area contributed by atoms with E-state index in [4.69, 9.17) is 4.98 Å². The summed E-state index contributed by atoms with van der Waals surface area (Å²) in [7, 11) is 0. The van der Waals surface area contributed by atoms with E-state index >= 15 is 0 Å². The summed E-state index contributed by atoms with van der Waals surface area (Å²) in [6, 6.07) is 8.50. The van der Waals surface area contributed by atoms with Crippen LogP contribution in [-0.2, 0) is 12.3 Å². The van der Waals surface area contributed by atoms with Crippen LogP contribution in [0.2, 0.25) is 0 Å². The van der Waals surface area contributed by atoms with Crippen molar-refractivity contribution in [1.29, 1.82) is 0 Å². The Balaban J connectivity index is 1.88. The minimum absolute atomic E-state index is 0.110. The van der Waals surface area contributed by atoms with Gasteiger partial charge >= 0.3 is 0 Å². The summed E-state index contributed by atoms with van der Waals surface area (Å²) in [6.45, 7) is 7.20. The molecular weight excluding hydrogens is 348 g/mol. The molecule has 0 saturated carbocycles. The molecule has 0 spiro atoms. The van der Waals surface area contributed by atoms with Crippen molar-refractivity contribution in [3.63, 3.8) is 0 Å². The number of thioether (sulfide) groups is 1. The minimum atomic E-state index is 0.110. The first-order valence-corrected chi connectivity index (χ1v) is 10.6. The van der Waals surface area contributed by atoms with E-state index in [1.54, 1.807) is 11.8 Å². The molecule has 0 amide bonds. The predicted molar refractivity (Wildman–Crippen MR) is 109 cm³/mol. The van der Waals surface area contributed by atoms with Gasteiger partial charge in [0.1, 0.15) is 4.70 Å². The summed E-state index contributed by atoms with van der Waals surface area (Å²) in [4.78, 5) is 17.6. The second-order valence-corrected chi connectivity index (χ2v) is 8.26. The van der Waals surface area contributed by atoms with Crippen molar-refractivity contribution in [2.45, 2.75) is 57.5 Å². The number of aryl methyl sites for hydroxylation is 2. The van der Waals surface area contributed by atoms with Crippen molar-refractivity contribution in [3.8, 4) is 0 Å². The number of fused-ring (bicyclic) bond motifs is 1. The number of nitrogens with zero attached hydrogens (tertiary/aromatic N) is 2. The Morgan fingerprint density at radius 1 is 1.16 bits per heavy atom. The Labute approximate surface area is 157 Å². The molecule has 2 aromatic heterocycles. The van der Waals surface area contributed by atoms with Crippen LogP contribution in [0, 0.1) is 13.8 Å². The Kier molecular flexibility index (Phi) is 5.97. The van der Waals surface area contributed by atoms with Gasteiger partial charge in [-0.1, -0.05) is 49.7 Å². The second-order valence-electron chi connectivity index (χ2n) is 6.40. The fourth-order valence-electron chi connectivity index (χ4n) is 2.79. The van der Waals surface area contributed by atoms with E-state index < -0.39 is 0 Å². The van der Waals surface area contributed by atoms with Crippen molar-refractivity contribution < 1.29 is 0 Å². The molecule has 0 aliphatic heterocycles. The van der Waals surface area contributed by atoms with Gasteiger partial charge in [-0.2, -0.15) is 0 Å². The van der Waals surface area contributed by atoms with Crippen molar-refractivity contribution in [2.75, 3.05) is 0 Å². The summed E-state index contributed by atoms with van der Waals surface area (Å²) >= 11 is 3.15. The summed E-state index contributed by atoms with van der Waals surface area (Å²) in [5.41, 5.74) is 4.82. The highest BCUT2D eigenvalue weighted by Crippen LogP contribution is 2.25. The molecule has 0 N–H and O–H groups in total. The number of rotatable bonds is 7. The number of benzene rings is 1. The molecule has 0 aliphatic rings.